The van der Waals surface area contributed by atoms with E-state index >= 15 is 0 Å². The Bertz CT molecular complexity index is 767. The standard InChI is InChI=1S/C18H23ClF2N4O2.HI/c1-4-22-18(23-8-7-15-11(2)25-27-12(15)3)24-10-13-9-14(19)5-6-16(13)26-17(20)21;/h5-6,9,17H,4,7-8,10H2,1-3H3,(H2,22,23,24);1H. The molecule has 28 heavy (non-hydrogen) atoms. The molecule has 0 unspecified atom stereocenters. The number of hydrogen-bond donors (Lipinski definition) is 2. The molecular formula is C18H24ClF2IN4O2. The van der Waals surface area contributed by atoms with Crippen molar-refractivity contribution in [2.45, 2.75) is 40.3 Å². The smallest absolute Gasteiger partial charge is 0.387 e. The Balaban J connectivity index is 0.00000392. The monoisotopic (exact) mass is 528 g/mol. The number of aromatic nitrogens is 1. The molecule has 10 heteroatoms. The van der Waals surface area contributed by atoms with E-state index in [-0.39, 0.29) is 36.3 Å². The second kappa shape index (κ2) is 12.1. The van der Waals surface area contributed by atoms with Gasteiger partial charge in [0.25, 0.3) is 0 Å². The van der Waals surface area contributed by atoms with E-state index in [2.05, 4.69) is 25.5 Å². The van der Waals surface area contributed by atoms with Gasteiger partial charge in [-0.05, 0) is 45.4 Å². The Kier molecular flexibility index (Phi) is 10.5. The minimum Gasteiger partial charge on any atom is -0.434 e. The van der Waals surface area contributed by atoms with E-state index in [1.165, 1.54) is 12.1 Å². The van der Waals surface area contributed by atoms with Gasteiger partial charge in [-0.2, -0.15) is 8.78 Å². The van der Waals surface area contributed by atoms with Crippen molar-refractivity contribution < 1.29 is 18.0 Å². The van der Waals surface area contributed by atoms with Gasteiger partial charge in [0.05, 0.1) is 12.2 Å². The summed E-state index contributed by atoms with van der Waals surface area (Å²) in [4.78, 5) is 4.43. The first-order valence-corrected chi connectivity index (χ1v) is 8.95. The van der Waals surface area contributed by atoms with Crippen LogP contribution in [0.15, 0.2) is 27.7 Å². The predicted octanol–water partition coefficient (Wildman–Crippen LogP) is 4.46. The van der Waals surface area contributed by atoms with Gasteiger partial charge in [-0.25, -0.2) is 4.99 Å². The number of alkyl halides is 2. The van der Waals surface area contributed by atoms with E-state index in [4.69, 9.17) is 16.1 Å². The third-order valence-electron chi connectivity index (χ3n) is 3.84. The molecule has 0 aliphatic rings. The van der Waals surface area contributed by atoms with Crippen molar-refractivity contribution in [3.05, 3.63) is 45.8 Å². The zero-order chi connectivity index (χ0) is 19.8. The molecule has 156 valence electrons. The SMILES string of the molecule is CCNC(=NCc1cc(Cl)ccc1OC(F)F)NCCc1c(C)noc1C.I. The van der Waals surface area contributed by atoms with Crippen LogP contribution in [0.2, 0.25) is 5.02 Å². The molecule has 1 aromatic heterocycles. The number of halogens is 4. The third kappa shape index (κ3) is 7.42. The van der Waals surface area contributed by atoms with Crippen LogP contribution >= 0.6 is 35.6 Å². The summed E-state index contributed by atoms with van der Waals surface area (Å²) in [5, 5.41) is 10.7. The lowest BCUT2D eigenvalue weighted by atomic mass is 10.1. The van der Waals surface area contributed by atoms with Crippen LogP contribution in [0.25, 0.3) is 0 Å². The highest BCUT2D eigenvalue weighted by atomic mass is 127. The highest BCUT2D eigenvalue weighted by molar-refractivity contribution is 14.0. The van der Waals surface area contributed by atoms with Gasteiger partial charge in [-0.15, -0.1) is 24.0 Å². The van der Waals surface area contributed by atoms with Gasteiger partial charge in [-0.1, -0.05) is 16.8 Å². The van der Waals surface area contributed by atoms with Crippen LogP contribution in [0.3, 0.4) is 0 Å². The summed E-state index contributed by atoms with van der Waals surface area (Å²) < 4.78 is 34.8. The Morgan fingerprint density at radius 1 is 1.32 bits per heavy atom. The van der Waals surface area contributed by atoms with Crippen LogP contribution in [-0.4, -0.2) is 30.8 Å². The van der Waals surface area contributed by atoms with Crippen molar-refractivity contribution in [1.82, 2.24) is 15.8 Å². The van der Waals surface area contributed by atoms with Crippen LogP contribution in [0.1, 0.15) is 29.5 Å². The van der Waals surface area contributed by atoms with Gasteiger partial charge in [0.1, 0.15) is 11.5 Å². The van der Waals surface area contributed by atoms with Crippen LogP contribution in [0, 0.1) is 13.8 Å². The number of nitrogens with one attached hydrogen (secondary N) is 2. The van der Waals surface area contributed by atoms with Crippen LogP contribution in [0.5, 0.6) is 5.75 Å². The Morgan fingerprint density at radius 2 is 2.07 bits per heavy atom. The number of aliphatic imine (C=N–C) groups is 1. The number of hydrogen-bond acceptors (Lipinski definition) is 4. The Labute approximate surface area is 185 Å². The Hall–Kier alpha value is -1.62. The molecule has 0 bridgehead atoms. The normalized spacial score (nSPS) is 11.3. The minimum atomic E-state index is -2.91. The van der Waals surface area contributed by atoms with Crippen LogP contribution in [-0.2, 0) is 13.0 Å². The van der Waals surface area contributed by atoms with Gasteiger partial charge in [-0.3, -0.25) is 0 Å². The second-order valence-corrected chi connectivity index (χ2v) is 6.24. The van der Waals surface area contributed by atoms with E-state index < -0.39 is 6.61 Å². The molecule has 2 rings (SSSR count). The number of rotatable bonds is 8. The fourth-order valence-electron chi connectivity index (χ4n) is 2.55. The molecule has 0 atom stereocenters. The molecule has 0 fully saturated rings. The maximum atomic E-state index is 12.6. The zero-order valence-corrected chi connectivity index (χ0v) is 19.0. The number of guanidine groups is 1. The molecule has 1 aromatic carbocycles. The van der Waals surface area contributed by atoms with E-state index in [0.29, 0.717) is 29.6 Å². The molecule has 0 aliphatic carbocycles. The lowest BCUT2D eigenvalue weighted by molar-refractivity contribution is -0.0504. The first-order chi connectivity index (χ1) is 12.9. The largest absolute Gasteiger partial charge is 0.434 e. The van der Waals surface area contributed by atoms with E-state index in [1.807, 2.05) is 20.8 Å². The topological polar surface area (TPSA) is 71.7 Å². The molecule has 0 aliphatic heterocycles. The van der Waals surface area contributed by atoms with Crippen molar-refractivity contribution in [1.29, 1.82) is 0 Å². The average Bonchev–Trinajstić information content (AvgIpc) is 2.93. The lowest BCUT2D eigenvalue weighted by Gasteiger charge is -2.13. The van der Waals surface area contributed by atoms with Gasteiger partial charge in [0.15, 0.2) is 5.96 Å². The maximum absolute atomic E-state index is 12.6. The number of nitrogens with zero attached hydrogens (tertiary/aromatic N) is 2. The van der Waals surface area contributed by atoms with E-state index in [0.717, 1.165) is 23.4 Å². The predicted molar refractivity (Wildman–Crippen MR) is 116 cm³/mol. The van der Waals surface area contributed by atoms with Crippen molar-refractivity contribution in [2.75, 3.05) is 13.1 Å². The third-order valence-corrected chi connectivity index (χ3v) is 4.07. The molecule has 0 saturated heterocycles. The maximum Gasteiger partial charge on any atom is 0.387 e. The molecule has 1 heterocycles. The van der Waals surface area contributed by atoms with Crippen LogP contribution in [0.4, 0.5) is 8.78 Å². The second-order valence-electron chi connectivity index (χ2n) is 5.81. The molecule has 2 N–H and O–H groups in total. The Morgan fingerprint density at radius 3 is 2.68 bits per heavy atom. The number of aryl methyl sites for hydroxylation is 2. The summed E-state index contributed by atoms with van der Waals surface area (Å²) >= 11 is 5.96. The molecule has 2 aromatic rings. The fourth-order valence-corrected chi connectivity index (χ4v) is 2.75. The molecule has 0 spiro atoms. The number of ether oxygens (including phenoxy) is 1. The minimum absolute atomic E-state index is 0. The van der Waals surface area contributed by atoms with Gasteiger partial charge in [0, 0.05) is 29.2 Å². The van der Waals surface area contributed by atoms with E-state index in [9.17, 15) is 8.78 Å². The average molecular weight is 529 g/mol. The van der Waals surface area contributed by atoms with E-state index in [1.54, 1.807) is 6.07 Å². The van der Waals surface area contributed by atoms with Gasteiger partial charge < -0.3 is 19.9 Å². The highest BCUT2D eigenvalue weighted by Gasteiger charge is 2.11. The fraction of sp³-hybridized carbons (Fsp3) is 0.444. The highest BCUT2D eigenvalue weighted by Crippen LogP contribution is 2.25. The summed E-state index contributed by atoms with van der Waals surface area (Å²) in [5.41, 5.74) is 2.40. The molecule has 0 saturated carbocycles. The molecule has 0 amide bonds. The van der Waals surface area contributed by atoms with Gasteiger partial charge in [0.2, 0.25) is 0 Å². The first kappa shape index (κ1) is 24.4. The summed E-state index contributed by atoms with van der Waals surface area (Å²) in [6.07, 6.45) is 0.725. The van der Waals surface area contributed by atoms with Gasteiger partial charge >= 0.3 is 6.61 Å². The molecular weight excluding hydrogens is 505 g/mol. The van der Waals surface area contributed by atoms with Crippen molar-refractivity contribution in [3.63, 3.8) is 0 Å². The zero-order valence-electron chi connectivity index (χ0n) is 15.9. The number of benzene rings is 1. The van der Waals surface area contributed by atoms with Crippen molar-refractivity contribution in [3.8, 4) is 5.75 Å². The van der Waals surface area contributed by atoms with Crippen molar-refractivity contribution in [2.24, 2.45) is 4.99 Å². The molecule has 0 radical (unpaired) electrons. The summed E-state index contributed by atoms with van der Waals surface area (Å²) in [7, 11) is 0. The first-order valence-electron chi connectivity index (χ1n) is 8.57. The summed E-state index contributed by atoms with van der Waals surface area (Å²) in [6.45, 7) is 4.22. The lowest BCUT2D eigenvalue weighted by Crippen LogP contribution is -2.38. The molecule has 6 nitrogen and oxygen atoms in total. The summed E-state index contributed by atoms with van der Waals surface area (Å²) in [6, 6.07) is 4.48. The van der Waals surface area contributed by atoms with Crippen molar-refractivity contribution >= 4 is 41.5 Å². The summed E-state index contributed by atoms with van der Waals surface area (Å²) in [5.74, 6) is 1.42. The quantitative estimate of drug-likeness (QED) is 0.301. The van der Waals surface area contributed by atoms with Crippen LogP contribution < -0.4 is 15.4 Å².